The lowest BCUT2D eigenvalue weighted by Crippen LogP contribution is -2.69. The van der Waals surface area contributed by atoms with Gasteiger partial charge >= 0.3 is 25.7 Å². The van der Waals surface area contributed by atoms with Gasteiger partial charge in [0.15, 0.2) is 18.7 Å². The van der Waals surface area contributed by atoms with Crippen molar-refractivity contribution in [3.8, 4) is 0 Å². The van der Waals surface area contributed by atoms with Gasteiger partial charge in [0.1, 0.15) is 98.7 Å². The lowest BCUT2D eigenvalue weighted by Gasteiger charge is -2.49. The smallest absolute Gasteiger partial charge is 0.462 e. The molecule has 96 heavy (non-hydrogen) atoms. The Morgan fingerprint density at radius 1 is 0.427 bits per heavy atom. The molecule has 1 aliphatic carbocycles. The summed E-state index contributed by atoms with van der Waals surface area (Å²) in [6.07, 6.45) is 14.3. The van der Waals surface area contributed by atoms with Crippen LogP contribution < -0.4 is 0 Å². The lowest BCUT2D eigenvalue weighted by molar-refractivity contribution is -0.360. The van der Waals surface area contributed by atoms with E-state index in [1.165, 1.54) is 115 Å². The maximum Gasteiger partial charge on any atom is 0.472 e. The van der Waals surface area contributed by atoms with Crippen LogP contribution in [-0.4, -0.2) is 204 Å². The first-order valence-corrected chi connectivity index (χ1v) is 38.3. The molecule has 3 aliphatic rings. The van der Waals surface area contributed by atoms with Gasteiger partial charge in [-0.15, -0.1) is 0 Å². The number of phosphoric ester groups is 1. The van der Waals surface area contributed by atoms with Crippen molar-refractivity contribution >= 4 is 25.7 Å². The van der Waals surface area contributed by atoms with Crippen LogP contribution in [0.3, 0.4) is 0 Å². The summed E-state index contributed by atoms with van der Waals surface area (Å²) in [5.74, 6) is -2.23. The molecule has 0 bridgehead atoms. The number of phosphoric acid groups is 1. The van der Waals surface area contributed by atoms with Crippen molar-refractivity contribution in [2.24, 2.45) is 0 Å². The highest BCUT2D eigenvalue weighted by Crippen LogP contribution is 2.49. The summed E-state index contributed by atoms with van der Waals surface area (Å²) in [7, 11) is -5.70. The van der Waals surface area contributed by atoms with Crippen molar-refractivity contribution in [3.63, 3.8) is 0 Å². The summed E-state index contributed by atoms with van der Waals surface area (Å²) in [6.45, 7) is 3.32. The summed E-state index contributed by atoms with van der Waals surface area (Å²) in [5, 5.41) is 110. The van der Waals surface area contributed by atoms with Crippen LogP contribution in [0.2, 0.25) is 0 Å². The number of aliphatic hydroxyl groups excluding tert-OH is 10. The second-order valence-corrected chi connectivity index (χ2v) is 27.8. The van der Waals surface area contributed by atoms with Crippen LogP contribution in [0.1, 0.15) is 265 Å². The van der Waals surface area contributed by atoms with Gasteiger partial charge in [-0.2, -0.15) is 0 Å². The van der Waals surface area contributed by atoms with Crippen LogP contribution in [0.4, 0.5) is 0 Å². The van der Waals surface area contributed by atoms with Gasteiger partial charge in [-0.3, -0.25) is 18.6 Å². The molecule has 2 heterocycles. The van der Waals surface area contributed by atoms with Crippen LogP contribution in [-0.2, 0) is 61.2 Å². The zero-order valence-electron chi connectivity index (χ0n) is 58.2. The quantitative estimate of drug-likeness (QED) is 0.00513. The molecule has 2 saturated heterocycles. The van der Waals surface area contributed by atoms with E-state index in [0.717, 1.165) is 115 Å². The monoisotopic (exact) mass is 1390 g/mol. The predicted octanol–water partition coefficient (Wildman–Crippen LogP) is 9.51. The Kier molecular flexibility index (Phi) is 48.3. The molecule has 0 aromatic heterocycles. The maximum atomic E-state index is 14.3. The van der Waals surface area contributed by atoms with Crippen LogP contribution in [0, 0.1) is 0 Å². The Morgan fingerprint density at radius 2 is 0.812 bits per heavy atom. The highest BCUT2D eigenvalue weighted by Gasteiger charge is 2.58. The topological polar surface area (TPSA) is 374 Å². The number of hydrogen-bond acceptors (Lipinski definition) is 23. The van der Waals surface area contributed by atoms with E-state index in [4.69, 9.17) is 42.2 Å². The fourth-order valence-electron chi connectivity index (χ4n) is 12.0. The van der Waals surface area contributed by atoms with E-state index in [-0.39, 0.29) is 12.8 Å². The largest absolute Gasteiger partial charge is 0.472 e. The van der Waals surface area contributed by atoms with Gasteiger partial charge in [-0.05, 0) is 51.4 Å². The molecular weight excluding hydrogens is 1270 g/mol. The molecule has 0 amide bonds. The average Bonchev–Trinajstić information content (AvgIpc) is 0.765. The third-order valence-corrected chi connectivity index (χ3v) is 19.0. The van der Waals surface area contributed by atoms with Crippen LogP contribution in [0.15, 0.2) is 36.5 Å². The Balaban J connectivity index is 1.75. The lowest BCUT2D eigenvalue weighted by atomic mass is 9.84. The number of carbonyl (C=O) groups excluding carboxylic acids is 3. The second kappa shape index (κ2) is 53.1. The Labute approximate surface area is 572 Å². The first-order chi connectivity index (χ1) is 46.3. The average molecular weight is 1400 g/mol. The number of aliphatic hydroxyl groups is 10. The van der Waals surface area contributed by atoms with Gasteiger partial charge in [0, 0.05) is 18.9 Å². The predicted molar refractivity (Wildman–Crippen MR) is 361 cm³/mol. The SMILES string of the molecule is CCCCCC/C=C\CCCCCCCCCC(=O)OCC(COP(=O)(O)OC1C(OC2OC(CO)C(O)C(O)C2O)C(O)C(O)C(O)C1OC1OC(COC(=O)/C=C/C=C/CCCCCCCCCCCCC)C(O)C(O)C1O)OC(=O)CCCCCCCCCCCCC. The van der Waals surface area contributed by atoms with Gasteiger partial charge in [0.25, 0.3) is 0 Å². The number of hydrogen-bond donors (Lipinski definition) is 11. The van der Waals surface area contributed by atoms with E-state index in [2.05, 4.69) is 32.9 Å². The van der Waals surface area contributed by atoms with Crippen molar-refractivity contribution in [2.45, 2.75) is 369 Å². The number of ether oxygens (including phenoxy) is 7. The van der Waals surface area contributed by atoms with E-state index >= 15 is 0 Å². The highest BCUT2D eigenvalue weighted by atomic mass is 31.2. The fourth-order valence-corrected chi connectivity index (χ4v) is 12.9. The van der Waals surface area contributed by atoms with E-state index in [1.54, 1.807) is 6.08 Å². The second-order valence-electron chi connectivity index (χ2n) is 26.4. The Hall–Kier alpha value is -2.82. The van der Waals surface area contributed by atoms with Crippen LogP contribution >= 0.6 is 7.82 Å². The van der Waals surface area contributed by atoms with Gasteiger partial charge in [-0.1, -0.05) is 231 Å². The molecule has 0 aromatic rings. The number of allylic oxidation sites excluding steroid dienone is 5. The summed E-state index contributed by atoms with van der Waals surface area (Å²) < 4.78 is 64.7. The van der Waals surface area contributed by atoms with Crippen LogP contribution in [0.25, 0.3) is 0 Å². The fraction of sp³-hybridized carbons (Fsp3) is 0.873. The first kappa shape index (κ1) is 87.4. The van der Waals surface area contributed by atoms with E-state index in [9.17, 15) is 74.9 Å². The van der Waals surface area contributed by atoms with E-state index in [0.29, 0.717) is 12.8 Å². The zero-order chi connectivity index (χ0) is 70.4. The molecule has 3 rings (SSSR count). The molecule has 1 saturated carbocycles. The Morgan fingerprint density at radius 3 is 1.27 bits per heavy atom. The number of esters is 3. The van der Waals surface area contributed by atoms with Gasteiger partial charge in [0.05, 0.1) is 13.2 Å². The van der Waals surface area contributed by atoms with E-state index in [1.807, 2.05) is 6.08 Å². The maximum absolute atomic E-state index is 14.3. The van der Waals surface area contributed by atoms with Crippen LogP contribution in [0.5, 0.6) is 0 Å². The van der Waals surface area contributed by atoms with Gasteiger partial charge in [-0.25, -0.2) is 9.36 Å². The molecule has 0 aromatic carbocycles. The molecule has 3 fully saturated rings. The third-order valence-electron chi connectivity index (χ3n) is 18.0. The molecular formula is C71H127O24P. The Bertz CT molecular complexity index is 2140. The van der Waals surface area contributed by atoms with Crippen molar-refractivity contribution in [2.75, 3.05) is 26.4 Å². The summed E-state index contributed by atoms with van der Waals surface area (Å²) in [5.41, 5.74) is 0. The standard InChI is InChI=1S/C71H127O24P/c1-4-7-10-13-16-19-22-24-26-28-31-33-36-39-42-45-55(73)87-49-52(90-57(75)47-44-41-38-35-30-21-18-15-12-9-6-3)50-89-96(85,86)95-69-67(93-70-65(83)60(78)58(76)53(48-72)91-70)63(81)62(80)64(82)68(69)94-71-66(84)61(79)59(77)54(92-71)51-88-56(74)46-43-40-37-34-32-29-27-25-23-20-17-14-11-8-5-2/h19,22,37,40,43,46,52-54,58-72,76-84H,4-18,20-21,23-36,38-39,41-42,44-45,47-51H2,1-3H3,(H,85,86)/b22-19-,40-37+,46-43+. The minimum Gasteiger partial charge on any atom is -0.462 e. The van der Waals surface area contributed by atoms with Crippen molar-refractivity contribution < 1.29 is 117 Å². The zero-order valence-corrected chi connectivity index (χ0v) is 59.0. The molecule has 2 aliphatic heterocycles. The minimum absolute atomic E-state index is 0.0381. The number of unbranched alkanes of at least 4 members (excludes halogenated alkanes) is 32. The first-order valence-electron chi connectivity index (χ1n) is 36.8. The molecule has 24 nitrogen and oxygen atoms in total. The summed E-state index contributed by atoms with van der Waals surface area (Å²) in [4.78, 5) is 50.8. The molecule has 18 unspecified atom stereocenters. The molecule has 0 spiro atoms. The normalized spacial score (nSPS) is 28.1. The van der Waals surface area contributed by atoms with Crippen molar-refractivity contribution in [1.29, 1.82) is 0 Å². The minimum atomic E-state index is -5.70. The summed E-state index contributed by atoms with van der Waals surface area (Å²) >= 11 is 0. The molecule has 0 radical (unpaired) electrons. The van der Waals surface area contributed by atoms with Crippen molar-refractivity contribution in [1.82, 2.24) is 0 Å². The molecule has 560 valence electrons. The molecule has 25 heteroatoms. The molecule has 11 N–H and O–H groups in total. The highest BCUT2D eigenvalue weighted by molar-refractivity contribution is 7.47. The van der Waals surface area contributed by atoms with Gasteiger partial charge < -0.3 is 89.1 Å². The number of rotatable bonds is 56. The third kappa shape index (κ3) is 36.2. The van der Waals surface area contributed by atoms with E-state index < -0.39 is 156 Å². The van der Waals surface area contributed by atoms with Gasteiger partial charge in [0.2, 0.25) is 0 Å². The number of carbonyl (C=O) groups is 3. The summed E-state index contributed by atoms with van der Waals surface area (Å²) in [6, 6.07) is 0. The van der Waals surface area contributed by atoms with Crippen molar-refractivity contribution in [3.05, 3.63) is 36.5 Å². The molecule has 18 atom stereocenters.